The standard InChI is InChI=1S/C20H20FN3OS/c1-2-25-18-8-5-15-9-10-24(13-16(15)12-18)20-23-22-19(26-20)11-14-3-6-17(21)7-4-14/h3-8,12H,2,9-11,13H2,1H3. The van der Waals surface area contributed by atoms with Gasteiger partial charge in [-0.1, -0.05) is 29.5 Å². The quantitative estimate of drug-likeness (QED) is 0.675. The molecule has 0 aliphatic carbocycles. The van der Waals surface area contributed by atoms with Crippen molar-refractivity contribution < 1.29 is 9.13 Å². The number of hydrogen-bond acceptors (Lipinski definition) is 5. The van der Waals surface area contributed by atoms with E-state index >= 15 is 0 Å². The normalized spacial score (nSPS) is 13.5. The third-order valence-corrected chi connectivity index (χ3v) is 5.48. The van der Waals surface area contributed by atoms with Crippen LogP contribution in [0.15, 0.2) is 42.5 Å². The van der Waals surface area contributed by atoms with Crippen LogP contribution in [-0.2, 0) is 19.4 Å². The molecular weight excluding hydrogens is 349 g/mol. The summed E-state index contributed by atoms with van der Waals surface area (Å²) in [4.78, 5) is 2.27. The molecule has 4 rings (SSSR count). The third-order valence-electron chi connectivity index (χ3n) is 4.50. The first kappa shape index (κ1) is 17.0. The lowest BCUT2D eigenvalue weighted by Crippen LogP contribution is -2.30. The van der Waals surface area contributed by atoms with E-state index in [1.165, 1.54) is 23.3 Å². The van der Waals surface area contributed by atoms with Gasteiger partial charge in [0.2, 0.25) is 5.13 Å². The molecule has 6 heteroatoms. The van der Waals surface area contributed by atoms with E-state index in [0.717, 1.165) is 41.0 Å². The van der Waals surface area contributed by atoms with Crippen LogP contribution < -0.4 is 9.64 Å². The van der Waals surface area contributed by atoms with Crippen LogP contribution in [0.5, 0.6) is 5.75 Å². The highest BCUT2D eigenvalue weighted by molar-refractivity contribution is 7.15. The van der Waals surface area contributed by atoms with Crippen molar-refractivity contribution >= 4 is 16.5 Å². The van der Waals surface area contributed by atoms with E-state index in [4.69, 9.17) is 4.74 Å². The summed E-state index contributed by atoms with van der Waals surface area (Å²) in [5.74, 6) is 0.701. The van der Waals surface area contributed by atoms with Crippen molar-refractivity contribution in [3.05, 3.63) is 70.0 Å². The van der Waals surface area contributed by atoms with Gasteiger partial charge >= 0.3 is 0 Å². The molecule has 0 saturated carbocycles. The van der Waals surface area contributed by atoms with Gasteiger partial charge in [-0.05, 0) is 54.3 Å². The van der Waals surface area contributed by atoms with Gasteiger partial charge in [0.05, 0.1) is 6.61 Å². The Labute approximate surface area is 156 Å². The van der Waals surface area contributed by atoms with Crippen LogP contribution >= 0.6 is 11.3 Å². The van der Waals surface area contributed by atoms with Crippen LogP contribution in [0.4, 0.5) is 9.52 Å². The van der Waals surface area contributed by atoms with Gasteiger partial charge < -0.3 is 9.64 Å². The number of ether oxygens (including phenoxy) is 1. The first-order valence-corrected chi connectivity index (χ1v) is 9.59. The van der Waals surface area contributed by atoms with E-state index in [0.29, 0.717) is 13.0 Å². The molecule has 0 radical (unpaired) electrons. The van der Waals surface area contributed by atoms with E-state index in [1.54, 1.807) is 23.5 Å². The Morgan fingerprint density at radius 1 is 1.12 bits per heavy atom. The summed E-state index contributed by atoms with van der Waals surface area (Å²) < 4.78 is 18.7. The fourth-order valence-electron chi connectivity index (χ4n) is 3.17. The topological polar surface area (TPSA) is 38.2 Å². The Balaban J connectivity index is 1.48. The molecule has 0 bridgehead atoms. The lowest BCUT2D eigenvalue weighted by molar-refractivity contribution is 0.339. The summed E-state index contributed by atoms with van der Waals surface area (Å²) in [6, 6.07) is 12.9. The molecule has 0 amide bonds. The first-order valence-electron chi connectivity index (χ1n) is 8.77. The second-order valence-electron chi connectivity index (χ2n) is 6.32. The van der Waals surface area contributed by atoms with Crippen LogP contribution in [-0.4, -0.2) is 23.3 Å². The lowest BCUT2D eigenvalue weighted by Gasteiger charge is -2.28. The Morgan fingerprint density at radius 2 is 1.96 bits per heavy atom. The SMILES string of the molecule is CCOc1ccc2c(c1)CN(c1nnc(Cc3ccc(F)cc3)s1)CC2. The highest BCUT2D eigenvalue weighted by Gasteiger charge is 2.20. The average molecular weight is 369 g/mol. The highest BCUT2D eigenvalue weighted by Crippen LogP contribution is 2.29. The van der Waals surface area contributed by atoms with E-state index in [2.05, 4.69) is 27.2 Å². The average Bonchev–Trinajstić information content (AvgIpc) is 3.12. The molecule has 134 valence electrons. The van der Waals surface area contributed by atoms with Crippen LogP contribution in [0.25, 0.3) is 0 Å². The van der Waals surface area contributed by atoms with Crippen molar-refractivity contribution in [3.8, 4) is 5.75 Å². The largest absolute Gasteiger partial charge is 0.494 e. The number of anilines is 1. The van der Waals surface area contributed by atoms with Crippen molar-refractivity contribution in [2.75, 3.05) is 18.1 Å². The molecule has 26 heavy (non-hydrogen) atoms. The molecule has 1 aliphatic rings. The van der Waals surface area contributed by atoms with Crippen molar-refractivity contribution in [2.24, 2.45) is 0 Å². The van der Waals surface area contributed by atoms with Gasteiger partial charge in [0.15, 0.2) is 0 Å². The molecule has 0 fully saturated rings. The second kappa shape index (κ2) is 7.41. The van der Waals surface area contributed by atoms with Crippen LogP contribution in [0.1, 0.15) is 28.6 Å². The first-order chi connectivity index (χ1) is 12.7. The number of hydrogen-bond donors (Lipinski definition) is 0. The third kappa shape index (κ3) is 3.70. The maximum Gasteiger partial charge on any atom is 0.208 e. The van der Waals surface area contributed by atoms with Crippen molar-refractivity contribution in [3.63, 3.8) is 0 Å². The summed E-state index contributed by atoms with van der Waals surface area (Å²) in [7, 11) is 0. The highest BCUT2D eigenvalue weighted by atomic mass is 32.1. The molecule has 2 aromatic carbocycles. The predicted molar refractivity (Wildman–Crippen MR) is 101 cm³/mol. The smallest absolute Gasteiger partial charge is 0.208 e. The molecule has 2 heterocycles. The predicted octanol–water partition coefficient (Wildman–Crippen LogP) is 4.23. The molecule has 3 aromatic rings. The Morgan fingerprint density at radius 3 is 2.77 bits per heavy atom. The van der Waals surface area contributed by atoms with Gasteiger partial charge in [-0.25, -0.2) is 4.39 Å². The number of benzene rings is 2. The van der Waals surface area contributed by atoms with E-state index in [-0.39, 0.29) is 5.82 Å². The Bertz CT molecular complexity index is 894. The Kier molecular flexibility index (Phi) is 4.84. The molecule has 4 nitrogen and oxygen atoms in total. The van der Waals surface area contributed by atoms with Crippen LogP contribution in [0, 0.1) is 5.82 Å². The minimum Gasteiger partial charge on any atom is -0.494 e. The van der Waals surface area contributed by atoms with E-state index in [1.807, 2.05) is 13.0 Å². The minimum atomic E-state index is -0.217. The van der Waals surface area contributed by atoms with Crippen molar-refractivity contribution in [1.29, 1.82) is 0 Å². The molecule has 1 aliphatic heterocycles. The van der Waals surface area contributed by atoms with Gasteiger partial charge in [-0.15, -0.1) is 10.2 Å². The van der Waals surface area contributed by atoms with Gasteiger partial charge in [-0.2, -0.15) is 0 Å². The second-order valence-corrected chi connectivity index (χ2v) is 7.36. The summed E-state index contributed by atoms with van der Waals surface area (Å²) in [5, 5.41) is 10.6. The zero-order valence-corrected chi connectivity index (χ0v) is 15.4. The van der Waals surface area contributed by atoms with Gasteiger partial charge in [0.25, 0.3) is 0 Å². The number of aromatic nitrogens is 2. The molecule has 0 spiro atoms. The van der Waals surface area contributed by atoms with E-state index < -0.39 is 0 Å². The van der Waals surface area contributed by atoms with Gasteiger partial charge in [-0.3, -0.25) is 0 Å². The van der Waals surface area contributed by atoms with Gasteiger partial charge in [0.1, 0.15) is 16.6 Å². The number of fused-ring (bicyclic) bond motifs is 1. The molecule has 0 atom stereocenters. The summed E-state index contributed by atoms with van der Waals surface area (Å²) in [6.07, 6.45) is 1.67. The van der Waals surface area contributed by atoms with Crippen LogP contribution in [0.2, 0.25) is 0 Å². The van der Waals surface area contributed by atoms with Gasteiger partial charge in [0, 0.05) is 19.5 Å². The maximum atomic E-state index is 13.0. The molecule has 1 aromatic heterocycles. The number of nitrogens with zero attached hydrogens (tertiary/aromatic N) is 3. The fourth-order valence-corrected chi connectivity index (χ4v) is 4.07. The monoisotopic (exact) mass is 369 g/mol. The van der Waals surface area contributed by atoms with Crippen molar-refractivity contribution in [1.82, 2.24) is 10.2 Å². The van der Waals surface area contributed by atoms with Crippen molar-refractivity contribution in [2.45, 2.75) is 26.3 Å². The van der Waals surface area contributed by atoms with Crippen LogP contribution in [0.3, 0.4) is 0 Å². The Hall–Kier alpha value is -2.47. The summed E-state index contributed by atoms with van der Waals surface area (Å²) in [6.45, 7) is 4.43. The number of rotatable bonds is 5. The zero-order valence-electron chi connectivity index (χ0n) is 14.6. The van der Waals surface area contributed by atoms with E-state index in [9.17, 15) is 4.39 Å². The minimum absolute atomic E-state index is 0.217. The summed E-state index contributed by atoms with van der Waals surface area (Å²) >= 11 is 1.61. The molecular formula is C20H20FN3OS. The molecule has 0 unspecified atom stereocenters. The lowest BCUT2D eigenvalue weighted by atomic mass is 10.00. The maximum absolute atomic E-state index is 13.0. The molecule has 0 N–H and O–H groups in total. The molecule has 0 saturated heterocycles. The number of halogens is 1. The zero-order chi connectivity index (χ0) is 17.9. The fraction of sp³-hybridized carbons (Fsp3) is 0.300. The summed E-state index contributed by atoms with van der Waals surface area (Å²) in [5.41, 5.74) is 3.71.